The van der Waals surface area contributed by atoms with E-state index in [2.05, 4.69) is 15.6 Å². The molecule has 1 aliphatic rings. The van der Waals surface area contributed by atoms with Crippen LogP contribution in [0.1, 0.15) is 19.3 Å². The second-order valence-electron chi connectivity index (χ2n) is 7.05. The van der Waals surface area contributed by atoms with Crippen LogP contribution in [0.2, 0.25) is 10.0 Å². The maximum absolute atomic E-state index is 12.6. The Kier molecular flexibility index (Phi) is 7.76. The molecule has 2 heterocycles. The van der Waals surface area contributed by atoms with Gasteiger partial charge in [0.1, 0.15) is 11.6 Å². The number of carbonyl (C=O) groups is 2. The molecule has 2 amide bonds. The standard InChI is InChI=1S/C21H24Cl2N4O3/c1-30-18-6-4-15(22)11-17(18)24-9-8-20(28)27-10-2-3-14(13-27)21(29)26-19-7-5-16(23)12-25-19/h4-7,11-12,14,24H,2-3,8-10,13H2,1H3,(H,25,26,29). The molecule has 1 saturated heterocycles. The summed E-state index contributed by atoms with van der Waals surface area (Å²) in [5, 5.41) is 7.08. The van der Waals surface area contributed by atoms with Crippen LogP contribution in [0.15, 0.2) is 36.5 Å². The van der Waals surface area contributed by atoms with Crippen molar-refractivity contribution in [3.8, 4) is 5.75 Å². The molecule has 0 radical (unpaired) electrons. The molecule has 1 aromatic carbocycles. The van der Waals surface area contributed by atoms with Crippen molar-refractivity contribution in [2.24, 2.45) is 5.92 Å². The predicted molar refractivity (Wildman–Crippen MR) is 118 cm³/mol. The Morgan fingerprint density at radius 3 is 2.77 bits per heavy atom. The lowest BCUT2D eigenvalue weighted by Gasteiger charge is -2.32. The van der Waals surface area contributed by atoms with E-state index in [1.54, 1.807) is 42.3 Å². The monoisotopic (exact) mass is 450 g/mol. The normalized spacial score (nSPS) is 16.1. The molecule has 2 N–H and O–H groups in total. The third-order valence-corrected chi connectivity index (χ3v) is 5.40. The van der Waals surface area contributed by atoms with E-state index in [0.717, 1.165) is 18.5 Å². The average Bonchev–Trinajstić information content (AvgIpc) is 2.75. The quantitative estimate of drug-likeness (QED) is 0.663. The van der Waals surface area contributed by atoms with Crippen LogP contribution >= 0.6 is 23.2 Å². The van der Waals surface area contributed by atoms with Crippen molar-refractivity contribution in [1.29, 1.82) is 0 Å². The largest absolute Gasteiger partial charge is 0.495 e. The van der Waals surface area contributed by atoms with Gasteiger partial charge in [-0.3, -0.25) is 9.59 Å². The second kappa shape index (κ2) is 10.5. The van der Waals surface area contributed by atoms with E-state index in [1.807, 2.05) is 0 Å². The molecule has 30 heavy (non-hydrogen) atoms. The highest BCUT2D eigenvalue weighted by atomic mass is 35.5. The molecule has 1 atom stereocenters. The number of amides is 2. The molecule has 0 spiro atoms. The van der Waals surface area contributed by atoms with Gasteiger partial charge in [-0.15, -0.1) is 0 Å². The Bertz CT molecular complexity index is 892. The third kappa shape index (κ3) is 6.00. The van der Waals surface area contributed by atoms with Gasteiger partial charge in [0.25, 0.3) is 0 Å². The molecule has 1 unspecified atom stereocenters. The Labute approximate surface area is 185 Å². The number of methoxy groups -OCH3 is 1. The lowest BCUT2D eigenvalue weighted by molar-refractivity contribution is -0.134. The zero-order valence-electron chi connectivity index (χ0n) is 16.7. The molecule has 9 heteroatoms. The van der Waals surface area contributed by atoms with E-state index in [9.17, 15) is 9.59 Å². The van der Waals surface area contributed by atoms with Crippen molar-refractivity contribution in [1.82, 2.24) is 9.88 Å². The summed E-state index contributed by atoms with van der Waals surface area (Å²) in [5.41, 5.74) is 0.740. The SMILES string of the molecule is COc1ccc(Cl)cc1NCCC(=O)N1CCCC(C(=O)Nc2ccc(Cl)cn2)C1. The Morgan fingerprint density at radius 2 is 2.03 bits per heavy atom. The minimum Gasteiger partial charge on any atom is -0.495 e. The molecule has 160 valence electrons. The minimum atomic E-state index is -0.263. The average molecular weight is 451 g/mol. The summed E-state index contributed by atoms with van der Waals surface area (Å²) in [7, 11) is 1.58. The van der Waals surface area contributed by atoms with Crippen LogP contribution in [-0.2, 0) is 9.59 Å². The Hall–Kier alpha value is -2.51. The summed E-state index contributed by atoms with van der Waals surface area (Å²) in [4.78, 5) is 31.0. The van der Waals surface area contributed by atoms with Crippen LogP contribution in [-0.4, -0.2) is 48.4 Å². The van der Waals surface area contributed by atoms with Crippen molar-refractivity contribution >= 4 is 46.5 Å². The lowest BCUT2D eigenvalue weighted by atomic mass is 9.97. The first kappa shape index (κ1) is 22.2. The fourth-order valence-electron chi connectivity index (χ4n) is 3.38. The number of aromatic nitrogens is 1. The fraction of sp³-hybridized carbons (Fsp3) is 0.381. The maximum atomic E-state index is 12.6. The summed E-state index contributed by atoms with van der Waals surface area (Å²) in [6, 6.07) is 8.60. The fourth-order valence-corrected chi connectivity index (χ4v) is 3.66. The molecule has 0 bridgehead atoms. The van der Waals surface area contributed by atoms with Gasteiger partial charge in [0, 0.05) is 37.3 Å². The van der Waals surface area contributed by atoms with Crippen LogP contribution in [0.3, 0.4) is 0 Å². The number of piperidine rings is 1. The summed E-state index contributed by atoms with van der Waals surface area (Å²) >= 11 is 11.8. The first-order valence-corrected chi connectivity index (χ1v) is 10.5. The van der Waals surface area contributed by atoms with Crippen molar-refractivity contribution in [2.45, 2.75) is 19.3 Å². The number of anilines is 2. The minimum absolute atomic E-state index is 0.00520. The first-order chi connectivity index (χ1) is 14.5. The van der Waals surface area contributed by atoms with Gasteiger partial charge in [-0.1, -0.05) is 23.2 Å². The Morgan fingerprint density at radius 1 is 1.23 bits per heavy atom. The van der Waals surface area contributed by atoms with Gasteiger partial charge < -0.3 is 20.3 Å². The molecule has 3 rings (SSSR count). The van der Waals surface area contributed by atoms with Crippen LogP contribution in [0.25, 0.3) is 0 Å². The molecular weight excluding hydrogens is 427 g/mol. The van der Waals surface area contributed by atoms with E-state index in [4.69, 9.17) is 27.9 Å². The van der Waals surface area contributed by atoms with Crippen molar-refractivity contribution in [3.05, 3.63) is 46.6 Å². The molecule has 1 aliphatic heterocycles. The number of carbonyl (C=O) groups excluding carboxylic acids is 2. The van der Waals surface area contributed by atoms with E-state index in [0.29, 0.717) is 47.7 Å². The zero-order chi connectivity index (χ0) is 21.5. The molecule has 2 aromatic rings. The summed E-state index contributed by atoms with van der Waals surface area (Å²) < 4.78 is 5.30. The second-order valence-corrected chi connectivity index (χ2v) is 7.92. The first-order valence-electron chi connectivity index (χ1n) is 9.74. The van der Waals surface area contributed by atoms with Gasteiger partial charge in [0.15, 0.2) is 0 Å². The van der Waals surface area contributed by atoms with Crippen molar-refractivity contribution < 1.29 is 14.3 Å². The van der Waals surface area contributed by atoms with Crippen LogP contribution in [0.5, 0.6) is 5.75 Å². The number of benzene rings is 1. The van der Waals surface area contributed by atoms with Crippen LogP contribution in [0, 0.1) is 5.92 Å². The van der Waals surface area contributed by atoms with Gasteiger partial charge in [-0.2, -0.15) is 0 Å². The summed E-state index contributed by atoms with van der Waals surface area (Å²) in [6.45, 7) is 1.50. The summed E-state index contributed by atoms with van der Waals surface area (Å²) in [6.07, 6.45) is 3.31. The van der Waals surface area contributed by atoms with Crippen molar-refractivity contribution in [2.75, 3.05) is 37.4 Å². The number of likely N-dealkylation sites (tertiary alicyclic amines) is 1. The highest BCUT2D eigenvalue weighted by Crippen LogP contribution is 2.27. The number of rotatable bonds is 7. The number of nitrogens with zero attached hydrogens (tertiary/aromatic N) is 2. The lowest BCUT2D eigenvalue weighted by Crippen LogP contribution is -2.44. The van der Waals surface area contributed by atoms with Gasteiger partial charge >= 0.3 is 0 Å². The van der Waals surface area contributed by atoms with Crippen molar-refractivity contribution in [3.63, 3.8) is 0 Å². The number of hydrogen-bond acceptors (Lipinski definition) is 5. The van der Waals surface area contributed by atoms with Crippen LogP contribution < -0.4 is 15.4 Å². The smallest absolute Gasteiger partial charge is 0.230 e. The number of hydrogen-bond donors (Lipinski definition) is 2. The van der Waals surface area contributed by atoms with E-state index >= 15 is 0 Å². The third-order valence-electron chi connectivity index (χ3n) is 4.94. The van der Waals surface area contributed by atoms with Crippen LogP contribution in [0.4, 0.5) is 11.5 Å². The van der Waals surface area contributed by atoms with Gasteiger partial charge in [-0.05, 0) is 43.2 Å². The highest BCUT2D eigenvalue weighted by Gasteiger charge is 2.28. The highest BCUT2D eigenvalue weighted by molar-refractivity contribution is 6.31. The predicted octanol–water partition coefficient (Wildman–Crippen LogP) is 4.08. The molecule has 1 aromatic heterocycles. The molecular formula is C21H24Cl2N4O3. The topological polar surface area (TPSA) is 83.6 Å². The molecule has 0 aliphatic carbocycles. The van der Waals surface area contributed by atoms with E-state index in [-0.39, 0.29) is 17.7 Å². The molecule has 7 nitrogen and oxygen atoms in total. The molecule has 0 saturated carbocycles. The zero-order valence-corrected chi connectivity index (χ0v) is 18.2. The van der Waals surface area contributed by atoms with Gasteiger partial charge in [-0.25, -0.2) is 4.98 Å². The van der Waals surface area contributed by atoms with Gasteiger partial charge in [0.05, 0.1) is 23.7 Å². The molecule has 1 fully saturated rings. The van der Waals surface area contributed by atoms with E-state index in [1.165, 1.54) is 6.20 Å². The number of halogens is 2. The van der Waals surface area contributed by atoms with Gasteiger partial charge in [0.2, 0.25) is 11.8 Å². The maximum Gasteiger partial charge on any atom is 0.230 e. The number of nitrogens with one attached hydrogen (secondary N) is 2. The van der Waals surface area contributed by atoms with E-state index < -0.39 is 0 Å². The number of ether oxygens (including phenoxy) is 1. The summed E-state index contributed by atoms with van der Waals surface area (Å²) in [5.74, 6) is 0.723. The Balaban J connectivity index is 1.49. The number of pyridine rings is 1.